The molecule has 0 amide bonds. The van der Waals surface area contributed by atoms with Gasteiger partial charge in [-0.2, -0.15) is 4.31 Å². The number of carbonyl (C=O) groups excluding carboxylic acids is 2. The Morgan fingerprint density at radius 3 is 2.47 bits per heavy atom. The molecule has 0 aliphatic heterocycles. The number of methoxy groups -OCH3 is 1. The van der Waals surface area contributed by atoms with Crippen molar-refractivity contribution in [2.45, 2.75) is 20.4 Å². The van der Waals surface area contributed by atoms with Crippen LogP contribution in [0.15, 0.2) is 58.6 Å². The maximum Gasteiger partial charge on any atom is 0.339 e. The monoisotopic (exact) mass is 456 g/mol. The zero-order valence-electron chi connectivity index (χ0n) is 18.0. The summed E-state index contributed by atoms with van der Waals surface area (Å²) in [5, 5.41) is 1.06. The van der Waals surface area contributed by atoms with Gasteiger partial charge in [0.05, 0.1) is 37.7 Å². The Bertz CT molecular complexity index is 1230. The maximum absolute atomic E-state index is 13.1. The van der Waals surface area contributed by atoms with Crippen molar-refractivity contribution in [3.05, 3.63) is 88.0 Å². The fraction of sp³-hybridized carbons (Fsp3) is 0.217. The molecule has 2 aromatic heterocycles. The van der Waals surface area contributed by atoms with Crippen LogP contribution in [0.25, 0.3) is 6.08 Å². The molecule has 9 heteroatoms. The van der Waals surface area contributed by atoms with Crippen LogP contribution in [0.1, 0.15) is 43.4 Å². The standard InChI is InChI=1S/C23H24N2O6S/c1-16-21(23(27)30-3)17(2)24-22(16)20(26)15-25(14-19-10-7-12-31-19)32(28,29)13-11-18-8-5-4-6-9-18/h4-13,24H,14-15H2,1-3H3/b13-11+. The third kappa shape index (κ3) is 5.24. The maximum atomic E-state index is 13.1. The van der Waals surface area contributed by atoms with E-state index in [1.807, 2.05) is 6.07 Å². The largest absolute Gasteiger partial charge is 0.468 e. The lowest BCUT2D eigenvalue weighted by Gasteiger charge is -2.18. The second-order valence-corrected chi connectivity index (χ2v) is 8.96. The minimum Gasteiger partial charge on any atom is -0.468 e. The number of rotatable bonds is 9. The molecule has 3 rings (SSSR count). The topological polar surface area (TPSA) is 110 Å². The number of carbonyl (C=O) groups is 2. The average molecular weight is 457 g/mol. The highest BCUT2D eigenvalue weighted by molar-refractivity contribution is 7.92. The van der Waals surface area contributed by atoms with Crippen LogP contribution in [0.2, 0.25) is 0 Å². The SMILES string of the molecule is COC(=O)c1c(C)[nH]c(C(=O)CN(Cc2ccco2)S(=O)(=O)/C=C/c2ccccc2)c1C. The number of sulfonamides is 1. The zero-order chi connectivity index (χ0) is 23.3. The first kappa shape index (κ1) is 23.2. The number of hydrogen-bond donors (Lipinski definition) is 1. The number of aromatic nitrogens is 1. The summed E-state index contributed by atoms with van der Waals surface area (Å²) in [7, 11) is -2.71. The molecule has 0 unspecified atom stereocenters. The molecule has 0 aliphatic rings. The first-order valence-electron chi connectivity index (χ1n) is 9.79. The Morgan fingerprint density at radius 2 is 1.84 bits per heavy atom. The molecule has 0 radical (unpaired) electrons. The number of benzene rings is 1. The van der Waals surface area contributed by atoms with Gasteiger partial charge in [0.1, 0.15) is 5.76 Å². The molecular formula is C23H24N2O6S. The van der Waals surface area contributed by atoms with Crippen molar-refractivity contribution in [1.29, 1.82) is 0 Å². The van der Waals surface area contributed by atoms with Crippen LogP contribution >= 0.6 is 0 Å². The number of furan rings is 1. The van der Waals surface area contributed by atoms with E-state index in [0.717, 1.165) is 9.71 Å². The molecule has 0 atom stereocenters. The van der Waals surface area contributed by atoms with Crippen LogP contribution < -0.4 is 0 Å². The van der Waals surface area contributed by atoms with E-state index in [1.165, 1.54) is 19.4 Å². The van der Waals surface area contributed by atoms with Gasteiger partial charge in [0.15, 0.2) is 5.78 Å². The molecule has 2 heterocycles. The summed E-state index contributed by atoms with van der Waals surface area (Å²) < 4.78 is 37.2. The number of nitrogens with one attached hydrogen (secondary N) is 1. The van der Waals surface area contributed by atoms with Crippen LogP contribution in [0, 0.1) is 13.8 Å². The number of ether oxygens (including phenoxy) is 1. The van der Waals surface area contributed by atoms with Gasteiger partial charge in [0.2, 0.25) is 10.0 Å². The Balaban J connectivity index is 1.90. The summed E-state index contributed by atoms with van der Waals surface area (Å²) in [6.45, 7) is 2.70. The third-order valence-corrected chi connectivity index (χ3v) is 6.39. The van der Waals surface area contributed by atoms with Crippen molar-refractivity contribution >= 4 is 27.9 Å². The summed E-state index contributed by atoms with van der Waals surface area (Å²) in [5.41, 5.74) is 2.02. The number of ketones is 1. The molecule has 3 aromatic rings. The fourth-order valence-corrected chi connectivity index (χ4v) is 4.41. The molecule has 0 saturated heterocycles. The van der Waals surface area contributed by atoms with E-state index in [1.54, 1.807) is 50.2 Å². The van der Waals surface area contributed by atoms with Gasteiger partial charge < -0.3 is 14.1 Å². The predicted molar refractivity (Wildman–Crippen MR) is 119 cm³/mol. The molecular weight excluding hydrogens is 432 g/mol. The summed E-state index contributed by atoms with van der Waals surface area (Å²) in [6, 6.07) is 12.2. The smallest absolute Gasteiger partial charge is 0.339 e. The van der Waals surface area contributed by atoms with Crippen molar-refractivity contribution in [1.82, 2.24) is 9.29 Å². The van der Waals surface area contributed by atoms with Crippen molar-refractivity contribution < 1.29 is 27.2 Å². The van der Waals surface area contributed by atoms with Crippen LogP contribution in [-0.4, -0.2) is 43.1 Å². The summed E-state index contributed by atoms with van der Waals surface area (Å²) in [4.78, 5) is 28.0. The van der Waals surface area contributed by atoms with Crippen molar-refractivity contribution in [2.75, 3.05) is 13.7 Å². The quantitative estimate of drug-likeness (QED) is 0.388. The Labute approximate surface area is 186 Å². The molecule has 168 valence electrons. The number of H-pyrrole nitrogens is 1. The van der Waals surface area contributed by atoms with Crippen LogP contribution in [0.3, 0.4) is 0 Å². The van der Waals surface area contributed by atoms with Gasteiger partial charge in [0, 0.05) is 11.1 Å². The highest BCUT2D eigenvalue weighted by atomic mass is 32.2. The van der Waals surface area contributed by atoms with Crippen LogP contribution in [0.5, 0.6) is 0 Å². The fourth-order valence-electron chi connectivity index (χ4n) is 3.30. The molecule has 8 nitrogen and oxygen atoms in total. The highest BCUT2D eigenvalue weighted by Gasteiger charge is 2.28. The summed E-state index contributed by atoms with van der Waals surface area (Å²) in [5.74, 6) is -0.658. The lowest BCUT2D eigenvalue weighted by Crippen LogP contribution is -2.34. The number of nitrogens with zero attached hydrogens (tertiary/aromatic N) is 1. The van der Waals surface area contributed by atoms with Gasteiger partial charge in [0.25, 0.3) is 0 Å². The number of Topliss-reactive ketones (excluding diaryl/α,β-unsaturated/α-hetero) is 1. The van der Waals surface area contributed by atoms with E-state index in [0.29, 0.717) is 22.6 Å². The van der Waals surface area contributed by atoms with Gasteiger partial charge in [-0.25, -0.2) is 13.2 Å². The molecule has 0 aliphatic carbocycles. The second-order valence-electron chi connectivity index (χ2n) is 7.15. The number of aromatic amines is 1. The predicted octanol–water partition coefficient (Wildman–Crippen LogP) is 3.70. The Hall–Kier alpha value is -3.43. The second kappa shape index (κ2) is 9.80. The Kier molecular flexibility index (Phi) is 7.12. The number of aryl methyl sites for hydroxylation is 1. The van der Waals surface area contributed by atoms with E-state index in [-0.39, 0.29) is 17.8 Å². The summed E-state index contributed by atoms with van der Waals surface area (Å²) >= 11 is 0. The van der Waals surface area contributed by atoms with E-state index in [9.17, 15) is 18.0 Å². The van der Waals surface area contributed by atoms with Gasteiger partial charge in [-0.1, -0.05) is 30.3 Å². The van der Waals surface area contributed by atoms with Crippen molar-refractivity contribution in [3.8, 4) is 0 Å². The first-order valence-corrected chi connectivity index (χ1v) is 11.3. The van der Waals surface area contributed by atoms with Crippen LogP contribution in [-0.2, 0) is 21.3 Å². The molecule has 0 fully saturated rings. The van der Waals surface area contributed by atoms with Gasteiger partial charge in [-0.15, -0.1) is 0 Å². The molecule has 32 heavy (non-hydrogen) atoms. The van der Waals surface area contributed by atoms with Crippen LogP contribution in [0.4, 0.5) is 0 Å². The lowest BCUT2D eigenvalue weighted by molar-refractivity contribution is 0.0599. The Morgan fingerprint density at radius 1 is 1.12 bits per heavy atom. The highest BCUT2D eigenvalue weighted by Crippen LogP contribution is 2.21. The van der Waals surface area contributed by atoms with E-state index >= 15 is 0 Å². The van der Waals surface area contributed by atoms with Crippen molar-refractivity contribution in [3.63, 3.8) is 0 Å². The van der Waals surface area contributed by atoms with Gasteiger partial charge >= 0.3 is 5.97 Å². The summed E-state index contributed by atoms with van der Waals surface area (Å²) in [6.07, 6.45) is 2.90. The van der Waals surface area contributed by atoms with E-state index < -0.39 is 28.3 Å². The van der Waals surface area contributed by atoms with Gasteiger partial charge in [-0.3, -0.25) is 4.79 Å². The minimum atomic E-state index is -3.97. The first-order chi connectivity index (χ1) is 15.2. The zero-order valence-corrected chi connectivity index (χ0v) is 18.8. The minimum absolute atomic E-state index is 0.122. The van der Waals surface area contributed by atoms with Crippen molar-refractivity contribution in [2.24, 2.45) is 0 Å². The number of hydrogen-bond acceptors (Lipinski definition) is 6. The van der Waals surface area contributed by atoms with Gasteiger partial charge in [-0.05, 0) is 43.2 Å². The third-order valence-electron chi connectivity index (χ3n) is 4.93. The van der Waals surface area contributed by atoms with E-state index in [4.69, 9.17) is 9.15 Å². The molecule has 0 saturated carbocycles. The average Bonchev–Trinajstić information content (AvgIpc) is 3.39. The number of esters is 1. The molecule has 0 spiro atoms. The lowest BCUT2D eigenvalue weighted by atomic mass is 10.1. The molecule has 1 aromatic carbocycles. The normalized spacial score (nSPS) is 11.9. The molecule has 0 bridgehead atoms. The van der Waals surface area contributed by atoms with E-state index in [2.05, 4.69) is 4.98 Å². The molecule has 1 N–H and O–H groups in total.